The van der Waals surface area contributed by atoms with Crippen molar-refractivity contribution in [3.63, 3.8) is 0 Å². The summed E-state index contributed by atoms with van der Waals surface area (Å²) in [5.41, 5.74) is 1.89. The monoisotopic (exact) mass is 322 g/mol. The Morgan fingerprint density at radius 2 is 2.00 bits per heavy atom. The number of nitrogens with zero attached hydrogens (tertiary/aromatic N) is 4. The van der Waals surface area contributed by atoms with Gasteiger partial charge in [-0.25, -0.2) is 9.97 Å². The Kier molecular flexibility index (Phi) is 4.46. The zero-order valence-corrected chi connectivity index (χ0v) is 13.1. The average Bonchev–Trinajstić information content (AvgIpc) is 3.12. The number of hydrogen-bond donors (Lipinski definition) is 0. The highest BCUT2D eigenvalue weighted by Crippen LogP contribution is 2.25. The number of rotatable bonds is 6. The molecule has 0 atom stereocenters. The van der Waals surface area contributed by atoms with Crippen LogP contribution in [0.25, 0.3) is 11.0 Å². The van der Waals surface area contributed by atoms with E-state index in [0.29, 0.717) is 10.9 Å². The molecular formula is C15H16Cl2N4. The smallest absolute Gasteiger partial charge is 0.124 e. The Balaban J connectivity index is 1.72. The lowest BCUT2D eigenvalue weighted by atomic mass is 10.2. The summed E-state index contributed by atoms with van der Waals surface area (Å²) in [6.45, 7) is 1.87. The molecule has 0 saturated carbocycles. The maximum Gasteiger partial charge on any atom is 0.124 e. The lowest BCUT2D eigenvalue weighted by molar-refractivity contribution is 0.552. The van der Waals surface area contributed by atoms with Gasteiger partial charge in [0.2, 0.25) is 0 Å². The Morgan fingerprint density at radius 3 is 2.76 bits per heavy atom. The summed E-state index contributed by atoms with van der Waals surface area (Å²) in [7, 11) is 0. The van der Waals surface area contributed by atoms with Crippen molar-refractivity contribution >= 4 is 34.2 Å². The number of para-hydroxylation sites is 1. The van der Waals surface area contributed by atoms with Crippen LogP contribution in [-0.4, -0.2) is 19.1 Å². The van der Waals surface area contributed by atoms with Gasteiger partial charge in [0.05, 0.1) is 22.7 Å². The van der Waals surface area contributed by atoms with Gasteiger partial charge in [-0.15, -0.1) is 11.6 Å². The van der Waals surface area contributed by atoms with E-state index in [1.807, 2.05) is 30.7 Å². The van der Waals surface area contributed by atoms with Crippen LogP contribution in [0.4, 0.5) is 0 Å². The third-order valence-electron chi connectivity index (χ3n) is 3.54. The number of aryl methyl sites for hydroxylation is 2. The molecule has 0 spiro atoms. The average molecular weight is 323 g/mol. The molecule has 1 aromatic carbocycles. The Morgan fingerprint density at radius 1 is 1.14 bits per heavy atom. The van der Waals surface area contributed by atoms with Crippen LogP contribution in [-0.2, 0) is 19.0 Å². The summed E-state index contributed by atoms with van der Waals surface area (Å²) in [6.07, 6.45) is 7.77. The number of imidazole rings is 2. The molecule has 0 aliphatic rings. The summed E-state index contributed by atoms with van der Waals surface area (Å²) >= 11 is 12.2. The molecule has 0 saturated heterocycles. The van der Waals surface area contributed by atoms with Gasteiger partial charge in [0.25, 0.3) is 0 Å². The second kappa shape index (κ2) is 6.50. The van der Waals surface area contributed by atoms with E-state index in [-0.39, 0.29) is 0 Å². The molecule has 110 valence electrons. The van der Waals surface area contributed by atoms with Crippen molar-refractivity contribution in [2.24, 2.45) is 0 Å². The van der Waals surface area contributed by atoms with Crippen molar-refractivity contribution in [1.82, 2.24) is 19.1 Å². The summed E-state index contributed by atoms with van der Waals surface area (Å²) in [4.78, 5) is 8.59. The van der Waals surface area contributed by atoms with Crippen LogP contribution in [0.1, 0.15) is 18.7 Å². The molecule has 0 unspecified atom stereocenters. The quantitative estimate of drug-likeness (QED) is 0.506. The van der Waals surface area contributed by atoms with Gasteiger partial charge in [-0.05, 0) is 25.0 Å². The van der Waals surface area contributed by atoms with E-state index in [9.17, 15) is 0 Å². The van der Waals surface area contributed by atoms with Crippen molar-refractivity contribution in [3.05, 3.63) is 47.8 Å². The van der Waals surface area contributed by atoms with E-state index in [1.165, 1.54) is 0 Å². The lowest BCUT2D eigenvalue weighted by Crippen LogP contribution is -2.04. The molecule has 3 aromatic rings. The molecule has 3 rings (SSSR count). The molecule has 21 heavy (non-hydrogen) atoms. The second-order valence-corrected chi connectivity index (χ2v) is 5.60. The van der Waals surface area contributed by atoms with E-state index in [4.69, 9.17) is 23.2 Å². The molecule has 2 heterocycles. The molecule has 0 aliphatic carbocycles. The third kappa shape index (κ3) is 3.06. The van der Waals surface area contributed by atoms with Crippen molar-refractivity contribution < 1.29 is 0 Å². The highest BCUT2D eigenvalue weighted by Gasteiger charge is 2.11. The van der Waals surface area contributed by atoms with E-state index in [0.717, 1.165) is 42.8 Å². The fourth-order valence-corrected chi connectivity index (χ4v) is 2.91. The fourth-order valence-electron chi connectivity index (χ4n) is 2.50. The van der Waals surface area contributed by atoms with Crippen LogP contribution >= 0.6 is 23.2 Å². The van der Waals surface area contributed by atoms with Crippen LogP contribution in [0.15, 0.2) is 36.9 Å². The predicted octanol–water partition coefficient (Wildman–Crippen LogP) is 4.11. The Bertz CT molecular complexity index is 719. The lowest BCUT2D eigenvalue weighted by Gasteiger charge is -2.08. The fraction of sp³-hybridized carbons (Fsp3) is 0.333. The van der Waals surface area contributed by atoms with Crippen LogP contribution in [0.5, 0.6) is 0 Å². The first-order valence-corrected chi connectivity index (χ1v) is 7.86. The number of fused-ring (bicyclic) bond motifs is 1. The highest BCUT2D eigenvalue weighted by atomic mass is 35.5. The van der Waals surface area contributed by atoms with E-state index < -0.39 is 0 Å². The Hall–Kier alpha value is -1.52. The molecular weight excluding hydrogens is 307 g/mol. The maximum absolute atomic E-state index is 6.20. The maximum atomic E-state index is 6.20. The summed E-state index contributed by atoms with van der Waals surface area (Å²) in [6, 6.07) is 5.85. The van der Waals surface area contributed by atoms with E-state index >= 15 is 0 Å². The number of benzene rings is 1. The minimum absolute atomic E-state index is 0.395. The second-order valence-electron chi connectivity index (χ2n) is 4.93. The first kappa shape index (κ1) is 14.4. The number of alkyl halides is 1. The largest absolute Gasteiger partial charge is 0.337 e. The predicted molar refractivity (Wildman–Crippen MR) is 85.8 cm³/mol. The normalized spacial score (nSPS) is 11.3. The number of hydrogen-bond acceptors (Lipinski definition) is 2. The zero-order valence-electron chi connectivity index (χ0n) is 11.5. The summed E-state index contributed by atoms with van der Waals surface area (Å²) < 4.78 is 4.26. The molecule has 2 aromatic heterocycles. The van der Waals surface area contributed by atoms with Crippen molar-refractivity contribution in [2.75, 3.05) is 0 Å². The number of halogens is 2. The molecule has 0 aliphatic heterocycles. The van der Waals surface area contributed by atoms with Crippen LogP contribution in [0, 0.1) is 0 Å². The van der Waals surface area contributed by atoms with Gasteiger partial charge in [0, 0.05) is 25.5 Å². The van der Waals surface area contributed by atoms with Gasteiger partial charge in [0.15, 0.2) is 0 Å². The first-order valence-electron chi connectivity index (χ1n) is 6.95. The van der Waals surface area contributed by atoms with Gasteiger partial charge in [-0.3, -0.25) is 0 Å². The van der Waals surface area contributed by atoms with Crippen LogP contribution in [0.2, 0.25) is 5.02 Å². The zero-order chi connectivity index (χ0) is 14.7. The van der Waals surface area contributed by atoms with Crippen molar-refractivity contribution in [3.8, 4) is 0 Å². The molecule has 4 nitrogen and oxygen atoms in total. The molecule has 0 bridgehead atoms. The molecule has 0 amide bonds. The van der Waals surface area contributed by atoms with Crippen molar-refractivity contribution in [2.45, 2.75) is 31.8 Å². The first-order chi connectivity index (χ1) is 10.3. The summed E-state index contributed by atoms with van der Waals surface area (Å²) in [5, 5.41) is 0.677. The number of aromatic nitrogens is 4. The van der Waals surface area contributed by atoms with Gasteiger partial charge in [-0.2, -0.15) is 0 Å². The molecule has 0 N–H and O–H groups in total. The van der Waals surface area contributed by atoms with Gasteiger partial charge >= 0.3 is 0 Å². The van der Waals surface area contributed by atoms with Crippen molar-refractivity contribution in [1.29, 1.82) is 0 Å². The molecule has 0 radical (unpaired) electrons. The van der Waals surface area contributed by atoms with Gasteiger partial charge < -0.3 is 9.13 Å². The van der Waals surface area contributed by atoms with Crippen LogP contribution < -0.4 is 0 Å². The molecule has 6 heteroatoms. The minimum Gasteiger partial charge on any atom is -0.337 e. The van der Waals surface area contributed by atoms with E-state index in [1.54, 1.807) is 6.20 Å². The topological polar surface area (TPSA) is 35.6 Å². The number of unbranched alkanes of at least 4 members (excludes halogenated alkanes) is 1. The van der Waals surface area contributed by atoms with Gasteiger partial charge in [0.1, 0.15) is 11.3 Å². The highest BCUT2D eigenvalue weighted by molar-refractivity contribution is 6.35. The minimum atomic E-state index is 0.395. The standard InChI is InChI=1S/C15H16Cl2N4/c16-10-14-19-15-12(17)4-3-5-13(15)21(14)8-2-1-7-20-9-6-18-11-20/h3-6,9,11H,1-2,7-8,10H2. The van der Waals surface area contributed by atoms with E-state index in [2.05, 4.69) is 19.1 Å². The molecule has 0 fully saturated rings. The SMILES string of the molecule is ClCc1nc2c(Cl)cccc2n1CCCCn1ccnc1. The van der Waals surface area contributed by atoms with Crippen LogP contribution in [0.3, 0.4) is 0 Å². The van der Waals surface area contributed by atoms with Gasteiger partial charge in [-0.1, -0.05) is 17.7 Å². The Labute approximate surface area is 133 Å². The third-order valence-corrected chi connectivity index (χ3v) is 4.08. The summed E-state index contributed by atoms with van der Waals surface area (Å²) in [5.74, 6) is 1.27.